The first-order valence-corrected chi connectivity index (χ1v) is 5.65. The van der Waals surface area contributed by atoms with Crippen molar-refractivity contribution in [1.29, 1.82) is 0 Å². The van der Waals surface area contributed by atoms with Crippen LogP contribution in [0.25, 0.3) is 0 Å². The van der Waals surface area contributed by atoms with Gasteiger partial charge in [0.15, 0.2) is 6.49 Å². The van der Waals surface area contributed by atoms with Crippen molar-refractivity contribution in [3.05, 3.63) is 0 Å². The van der Waals surface area contributed by atoms with Gasteiger partial charge < -0.3 is 9.79 Å². The molecule has 56 valence electrons. The Balaban J connectivity index is 3.90. The fourth-order valence-electron chi connectivity index (χ4n) is 0.618. The van der Waals surface area contributed by atoms with Crippen molar-refractivity contribution < 1.29 is 9.79 Å². The Labute approximate surface area is 61.1 Å². The highest BCUT2D eigenvalue weighted by atomic mass is 32.5. The molecule has 0 saturated heterocycles. The maximum atomic E-state index is 8.83. The smallest absolute Gasteiger partial charge is 0.184 e. The van der Waals surface area contributed by atoms with E-state index in [2.05, 4.69) is 11.8 Å². The Morgan fingerprint density at radius 3 is 1.67 bits per heavy atom. The van der Waals surface area contributed by atoms with E-state index in [9.17, 15) is 0 Å². The number of rotatable bonds is 1. The van der Waals surface area contributed by atoms with Crippen LogP contribution in [0, 0.1) is 5.41 Å². The van der Waals surface area contributed by atoms with Gasteiger partial charge in [-0.3, -0.25) is 0 Å². The first kappa shape index (κ1) is 9.57. The first-order chi connectivity index (χ1) is 3.71. The van der Waals surface area contributed by atoms with Crippen LogP contribution in [0.5, 0.6) is 0 Å². The van der Waals surface area contributed by atoms with Crippen LogP contribution < -0.4 is 0 Å². The molecule has 2 nitrogen and oxygen atoms in total. The molecular formula is C5H13O2PS. The molecule has 0 fully saturated rings. The SMILES string of the molecule is CC(C)(C)CP(O)(O)=S. The lowest BCUT2D eigenvalue weighted by atomic mass is 10.0. The molecule has 4 heteroatoms. The minimum atomic E-state index is -2.95. The van der Waals surface area contributed by atoms with E-state index >= 15 is 0 Å². The predicted molar refractivity (Wildman–Crippen MR) is 43.0 cm³/mol. The highest BCUT2D eigenvalue weighted by Crippen LogP contribution is 2.41. The third-order valence-electron chi connectivity index (χ3n) is 0.680. The van der Waals surface area contributed by atoms with Crippen LogP contribution in [0.1, 0.15) is 20.8 Å². The molecule has 0 unspecified atom stereocenters. The summed E-state index contributed by atoms with van der Waals surface area (Å²) in [4.78, 5) is 17.7. The van der Waals surface area contributed by atoms with Gasteiger partial charge in [-0.15, -0.1) is 0 Å². The lowest BCUT2D eigenvalue weighted by Crippen LogP contribution is -2.11. The summed E-state index contributed by atoms with van der Waals surface area (Å²) >= 11 is 4.46. The quantitative estimate of drug-likeness (QED) is 0.580. The van der Waals surface area contributed by atoms with E-state index < -0.39 is 6.49 Å². The zero-order valence-corrected chi connectivity index (χ0v) is 7.67. The van der Waals surface area contributed by atoms with Crippen molar-refractivity contribution in [2.45, 2.75) is 20.8 Å². The lowest BCUT2D eigenvalue weighted by Gasteiger charge is -2.20. The van der Waals surface area contributed by atoms with Crippen LogP contribution in [0.3, 0.4) is 0 Å². The van der Waals surface area contributed by atoms with Crippen LogP contribution in [-0.2, 0) is 11.8 Å². The van der Waals surface area contributed by atoms with Gasteiger partial charge in [0.2, 0.25) is 0 Å². The molecule has 0 bridgehead atoms. The van der Waals surface area contributed by atoms with Crippen LogP contribution in [0.4, 0.5) is 0 Å². The van der Waals surface area contributed by atoms with E-state index in [-0.39, 0.29) is 5.41 Å². The zero-order chi connectivity index (χ0) is 7.71. The van der Waals surface area contributed by atoms with Gasteiger partial charge in [-0.05, 0) is 17.2 Å². The Morgan fingerprint density at radius 2 is 1.67 bits per heavy atom. The van der Waals surface area contributed by atoms with Gasteiger partial charge in [0.05, 0.1) is 0 Å². The summed E-state index contributed by atoms with van der Waals surface area (Å²) in [5.74, 6) is 0. The normalized spacial score (nSPS) is 13.9. The molecule has 0 radical (unpaired) electrons. The molecule has 0 aliphatic rings. The highest BCUT2D eigenvalue weighted by molar-refractivity contribution is 8.09. The standard InChI is InChI=1S/C5H13O2PS/c1-5(2,3)4-8(6,7)9/h4H2,1-3H3,(H2,6,7,9). The summed E-state index contributed by atoms with van der Waals surface area (Å²) in [7, 11) is 0. The minimum absolute atomic E-state index is 0.0704. The maximum Gasteiger partial charge on any atom is 0.184 e. The molecule has 0 spiro atoms. The second-order valence-corrected chi connectivity index (χ2v) is 6.78. The molecular weight excluding hydrogens is 155 g/mol. The van der Waals surface area contributed by atoms with E-state index in [1.54, 1.807) is 0 Å². The van der Waals surface area contributed by atoms with Gasteiger partial charge in [0, 0.05) is 6.16 Å². The van der Waals surface area contributed by atoms with Crippen LogP contribution in [0.15, 0.2) is 0 Å². The molecule has 0 aliphatic heterocycles. The fraction of sp³-hybridized carbons (Fsp3) is 1.00. The van der Waals surface area contributed by atoms with Crippen LogP contribution in [0.2, 0.25) is 0 Å². The van der Waals surface area contributed by atoms with Gasteiger partial charge in [0.1, 0.15) is 0 Å². The maximum absolute atomic E-state index is 8.83. The molecule has 0 aromatic rings. The molecule has 0 aromatic heterocycles. The third kappa shape index (κ3) is 8.57. The van der Waals surface area contributed by atoms with E-state index in [4.69, 9.17) is 9.79 Å². The van der Waals surface area contributed by atoms with Gasteiger partial charge in [-0.25, -0.2) is 0 Å². The summed E-state index contributed by atoms with van der Waals surface area (Å²) in [6, 6.07) is 0. The number of hydrogen-bond donors (Lipinski definition) is 2. The van der Waals surface area contributed by atoms with Gasteiger partial charge in [-0.2, -0.15) is 0 Å². The molecule has 0 amide bonds. The summed E-state index contributed by atoms with van der Waals surface area (Å²) in [5, 5.41) is 0. The van der Waals surface area contributed by atoms with Crippen molar-refractivity contribution in [2.75, 3.05) is 6.16 Å². The molecule has 0 rings (SSSR count). The molecule has 0 heterocycles. The topological polar surface area (TPSA) is 40.5 Å². The summed E-state index contributed by atoms with van der Waals surface area (Å²) < 4.78 is 0. The van der Waals surface area contributed by atoms with Crippen molar-refractivity contribution in [3.63, 3.8) is 0 Å². The molecule has 0 aliphatic carbocycles. The predicted octanol–water partition coefficient (Wildman–Crippen LogP) is 1.33. The lowest BCUT2D eigenvalue weighted by molar-refractivity contribution is 0.414. The summed E-state index contributed by atoms with van der Waals surface area (Å²) in [6.07, 6.45) is 0.329. The summed E-state index contributed by atoms with van der Waals surface area (Å²) in [5.41, 5.74) is -0.0704. The van der Waals surface area contributed by atoms with Crippen LogP contribution >= 0.6 is 6.49 Å². The summed E-state index contributed by atoms with van der Waals surface area (Å²) in [6.45, 7) is 2.84. The van der Waals surface area contributed by atoms with Gasteiger partial charge in [0.25, 0.3) is 0 Å². The molecule has 2 N–H and O–H groups in total. The van der Waals surface area contributed by atoms with E-state index in [1.165, 1.54) is 0 Å². The first-order valence-electron chi connectivity index (χ1n) is 2.75. The van der Waals surface area contributed by atoms with Crippen molar-refractivity contribution in [3.8, 4) is 0 Å². The van der Waals surface area contributed by atoms with Crippen molar-refractivity contribution in [1.82, 2.24) is 0 Å². The van der Waals surface area contributed by atoms with Crippen LogP contribution in [-0.4, -0.2) is 15.9 Å². The average Bonchev–Trinajstić information content (AvgIpc) is 1.14. The second kappa shape index (κ2) is 2.67. The average molecular weight is 168 g/mol. The Hall–Kier alpha value is 0.570. The molecule has 9 heavy (non-hydrogen) atoms. The van der Waals surface area contributed by atoms with Gasteiger partial charge >= 0.3 is 0 Å². The Bertz CT molecular complexity index is 132. The third-order valence-corrected chi connectivity index (χ3v) is 2.43. The van der Waals surface area contributed by atoms with E-state index in [0.29, 0.717) is 6.16 Å². The molecule has 0 atom stereocenters. The molecule has 0 saturated carbocycles. The Morgan fingerprint density at radius 1 is 1.33 bits per heavy atom. The van der Waals surface area contributed by atoms with Gasteiger partial charge in [-0.1, -0.05) is 20.8 Å². The molecule has 0 aromatic carbocycles. The second-order valence-electron chi connectivity index (χ2n) is 3.38. The largest absolute Gasteiger partial charge is 0.345 e. The zero-order valence-electron chi connectivity index (χ0n) is 5.96. The minimum Gasteiger partial charge on any atom is -0.345 e. The fourth-order valence-corrected chi connectivity index (χ4v) is 3.02. The monoisotopic (exact) mass is 168 g/mol. The van der Waals surface area contributed by atoms with E-state index in [1.807, 2.05) is 20.8 Å². The Kier molecular flexibility index (Phi) is 2.84. The van der Waals surface area contributed by atoms with E-state index in [0.717, 1.165) is 0 Å². The van der Waals surface area contributed by atoms with Crippen molar-refractivity contribution >= 4 is 18.3 Å². The van der Waals surface area contributed by atoms with Crippen molar-refractivity contribution in [2.24, 2.45) is 5.41 Å². The highest BCUT2D eigenvalue weighted by Gasteiger charge is 2.19. The number of hydrogen-bond acceptors (Lipinski definition) is 1.